The fourth-order valence-electron chi connectivity index (χ4n) is 2.09. The molecule has 0 saturated carbocycles. The molecule has 0 aliphatic heterocycles. The van der Waals surface area contributed by atoms with E-state index in [0.717, 1.165) is 32.4 Å². The Labute approximate surface area is 127 Å². The summed E-state index contributed by atoms with van der Waals surface area (Å²) >= 11 is 1.75. The van der Waals surface area contributed by atoms with Crippen LogP contribution in [0.25, 0.3) is 0 Å². The molecule has 0 saturated heterocycles. The van der Waals surface area contributed by atoms with Crippen molar-refractivity contribution in [3.05, 3.63) is 30.3 Å². The summed E-state index contributed by atoms with van der Waals surface area (Å²) in [6.45, 7) is 6.35. The minimum Gasteiger partial charge on any atom is -0.395 e. The molecule has 3 N–H and O–H groups in total. The molecule has 0 unspecified atom stereocenters. The Morgan fingerprint density at radius 3 is 2.45 bits per heavy atom. The highest BCUT2D eigenvalue weighted by atomic mass is 32.2. The van der Waals surface area contributed by atoms with Crippen molar-refractivity contribution in [1.29, 1.82) is 0 Å². The maximum absolute atomic E-state index is 9.70. The first-order valence-corrected chi connectivity index (χ1v) is 8.25. The smallest absolute Gasteiger partial charge is 0.0596 e. The van der Waals surface area contributed by atoms with Gasteiger partial charge in [0.05, 0.1) is 6.61 Å². The summed E-state index contributed by atoms with van der Waals surface area (Å²) in [6, 6.07) is 10.6. The molecule has 20 heavy (non-hydrogen) atoms. The molecular formula is C16H28N2OS. The monoisotopic (exact) mass is 296 g/mol. The van der Waals surface area contributed by atoms with Gasteiger partial charge in [-0.3, -0.25) is 0 Å². The van der Waals surface area contributed by atoms with Crippen LogP contribution in [0.5, 0.6) is 0 Å². The van der Waals surface area contributed by atoms with Crippen molar-refractivity contribution >= 4 is 11.9 Å². The number of rotatable bonds is 10. The second-order valence-corrected chi connectivity index (χ2v) is 6.64. The van der Waals surface area contributed by atoms with Gasteiger partial charge in [0, 0.05) is 17.5 Å². The van der Waals surface area contributed by atoms with Gasteiger partial charge >= 0.3 is 0 Å². The minimum atomic E-state index is 0.203. The van der Waals surface area contributed by atoms with Gasteiger partial charge < -0.3 is 10.8 Å². The van der Waals surface area contributed by atoms with Crippen molar-refractivity contribution in [2.24, 2.45) is 11.7 Å². The van der Waals surface area contributed by atoms with E-state index < -0.39 is 0 Å². The largest absolute Gasteiger partial charge is 0.395 e. The molecule has 0 aromatic heterocycles. The lowest BCUT2D eigenvalue weighted by Crippen LogP contribution is -2.35. The van der Waals surface area contributed by atoms with E-state index in [1.807, 2.05) is 6.07 Å². The van der Waals surface area contributed by atoms with E-state index in [2.05, 4.69) is 42.4 Å². The number of aliphatic hydroxyl groups excluding tert-OH is 1. The van der Waals surface area contributed by atoms with Crippen molar-refractivity contribution in [3.63, 3.8) is 0 Å². The van der Waals surface area contributed by atoms with Crippen LogP contribution in [0.3, 0.4) is 0 Å². The summed E-state index contributed by atoms with van der Waals surface area (Å²) in [4.78, 5) is 1.23. The Bertz CT molecular complexity index is 346. The van der Waals surface area contributed by atoms with Crippen molar-refractivity contribution in [3.8, 4) is 0 Å². The van der Waals surface area contributed by atoms with Crippen molar-refractivity contribution in [2.45, 2.75) is 44.0 Å². The Balaban J connectivity index is 2.65. The number of hydrogen-bond donors (Lipinski definition) is 2. The molecule has 0 heterocycles. The predicted octanol–water partition coefficient (Wildman–Crippen LogP) is 3.14. The third-order valence-corrected chi connectivity index (χ3v) is 4.29. The first-order valence-electron chi connectivity index (χ1n) is 7.48. The second-order valence-electron chi connectivity index (χ2n) is 5.52. The number of hydrogen-bond acceptors (Lipinski definition) is 4. The molecular weight excluding hydrogens is 268 g/mol. The van der Waals surface area contributed by atoms with Crippen molar-refractivity contribution in [1.82, 2.24) is 4.31 Å². The molecule has 0 fully saturated rings. The Morgan fingerprint density at radius 2 is 1.90 bits per heavy atom. The van der Waals surface area contributed by atoms with Gasteiger partial charge in [-0.25, -0.2) is 4.31 Å². The van der Waals surface area contributed by atoms with Gasteiger partial charge in [-0.1, -0.05) is 38.5 Å². The quantitative estimate of drug-likeness (QED) is 0.514. The van der Waals surface area contributed by atoms with Crippen LogP contribution in [-0.4, -0.2) is 35.1 Å². The van der Waals surface area contributed by atoms with Crippen LogP contribution >= 0.6 is 11.9 Å². The SMILES string of the molecule is CC(C)CN(Sc1ccccc1)[C@H](CO)CCCCN. The number of nitrogens with two attached hydrogens (primary N) is 1. The van der Waals surface area contributed by atoms with Crippen LogP contribution in [0.1, 0.15) is 33.1 Å². The van der Waals surface area contributed by atoms with Crippen molar-refractivity contribution in [2.75, 3.05) is 19.7 Å². The maximum Gasteiger partial charge on any atom is 0.0596 e. The van der Waals surface area contributed by atoms with Gasteiger partial charge in [0.25, 0.3) is 0 Å². The lowest BCUT2D eigenvalue weighted by molar-refractivity contribution is 0.177. The van der Waals surface area contributed by atoms with E-state index in [0.29, 0.717) is 5.92 Å². The van der Waals surface area contributed by atoms with E-state index >= 15 is 0 Å². The lowest BCUT2D eigenvalue weighted by atomic mass is 10.1. The van der Waals surface area contributed by atoms with E-state index in [4.69, 9.17) is 5.73 Å². The summed E-state index contributed by atoms with van der Waals surface area (Å²) < 4.78 is 2.33. The predicted molar refractivity (Wildman–Crippen MR) is 87.6 cm³/mol. The summed E-state index contributed by atoms with van der Waals surface area (Å²) in [6.07, 6.45) is 3.11. The first kappa shape index (κ1) is 17.5. The third-order valence-electron chi connectivity index (χ3n) is 3.12. The number of benzene rings is 1. The molecule has 1 rings (SSSR count). The average molecular weight is 296 g/mol. The normalized spacial score (nSPS) is 13.1. The Morgan fingerprint density at radius 1 is 1.20 bits per heavy atom. The zero-order valence-corrected chi connectivity index (χ0v) is 13.5. The van der Waals surface area contributed by atoms with Crippen LogP contribution in [0.15, 0.2) is 35.2 Å². The molecule has 1 aromatic rings. The molecule has 0 radical (unpaired) electrons. The summed E-state index contributed by atoms with van der Waals surface area (Å²) in [7, 11) is 0. The zero-order chi connectivity index (χ0) is 14.8. The molecule has 1 atom stereocenters. The Hall–Kier alpha value is -0.550. The van der Waals surface area contributed by atoms with Gasteiger partial charge in [0.1, 0.15) is 0 Å². The zero-order valence-electron chi connectivity index (χ0n) is 12.7. The van der Waals surface area contributed by atoms with Gasteiger partial charge in [-0.05, 0) is 49.4 Å². The molecule has 0 spiro atoms. The number of nitrogens with zero attached hydrogens (tertiary/aromatic N) is 1. The summed E-state index contributed by atoms with van der Waals surface area (Å²) in [5.41, 5.74) is 5.56. The van der Waals surface area contributed by atoms with Gasteiger partial charge in [0.2, 0.25) is 0 Å². The standard InChI is InChI=1S/C16H28N2OS/c1-14(2)12-18(15(13-19)8-6-7-11-17)20-16-9-4-3-5-10-16/h3-5,9-10,14-15,19H,6-8,11-13,17H2,1-2H3/t15-/m0/s1. The lowest BCUT2D eigenvalue weighted by Gasteiger charge is -2.30. The molecule has 3 nitrogen and oxygen atoms in total. The summed E-state index contributed by atoms with van der Waals surface area (Å²) in [5.74, 6) is 0.578. The fraction of sp³-hybridized carbons (Fsp3) is 0.625. The van der Waals surface area contributed by atoms with Crippen LogP contribution < -0.4 is 5.73 Å². The highest BCUT2D eigenvalue weighted by molar-refractivity contribution is 7.97. The molecule has 0 amide bonds. The van der Waals surface area contributed by atoms with Crippen LogP contribution in [0, 0.1) is 5.92 Å². The van der Waals surface area contributed by atoms with Crippen LogP contribution in [0.2, 0.25) is 0 Å². The molecule has 0 aliphatic rings. The van der Waals surface area contributed by atoms with E-state index in [1.54, 1.807) is 11.9 Å². The van der Waals surface area contributed by atoms with Crippen LogP contribution in [0.4, 0.5) is 0 Å². The van der Waals surface area contributed by atoms with E-state index in [9.17, 15) is 5.11 Å². The third kappa shape index (κ3) is 6.75. The highest BCUT2D eigenvalue weighted by Crippen LogP contribution is 2.27. The maximum atomic E-state index is 9.70. The van der Waals surface area contributed by atoms with Crippen LogP contribution in [-0.2, 0) is 0 Å². The molecule has 0 aliphatic carbocycles. The first-order chi connectivity index (χ1) is 9.67. The topological polar surface area (TPSA) is 49.5 Å². The van der Waals surface area contributed by atoms with E-state index in [1.165, 1.54) is 4.90 Å². The van der Waals surface area contributed by atoms with Gasteiger partial charge in [-0.15, -0.1) is 0 Å². The number of aliphatic hydroxyl groups is 1. The Kier molecular flexibility index (Phi) is 8.94. The molecule has 114 valence electrons. The fourth-order valence-corrected chi connectivity index (χ4v) is 3.33. The average Bonchev–Trinajstić information content (AvgIpc) is 2.44. The van der Waals surface area contributed by atoms with Gasteiger partial charge in [-0.2, -0.15) is 0 Å². The van der Waals surface area contributed by atoms with Gasteiger partial charge in [0.15, 0.2) is 0 Å². The summed E-state index contributed by atoms with van der Waals surface area (Å²) in [5, 5.41) is 9.70. The molecule has 4 heteroatoms. The van der Waals surface area contributed by atoms with E-state index in [-0.39, 0.29) is 12.6 Å². The minimum absolute atomic E-state index is 0.203. The highest BCUT2D eigenvalue weighted by Gasteiger charge is 2.19. The second kappa shape index (κ2) is 10.2. The van der Waals surface area contributed by atoms with Crippen molar-refractivity contribution < 1.29 is 5.11 Å². The molecule has 1 aromatic carbocycles. The molecule has 0 bridgehead atoms. The number of unbranched alkanes of at least 4 members (excludes halogenated alkanes) is 1.